The van der Waals surface area contributed by atoms with Crippen LogP contribution in [0.2, 0.25) is 0 Å². The maximum atomic E-state index is 14.1. The first kappa shape index (κ1) is 14.2. The molecule has 3 heteroatoms. The van der Waals surface area contributed by atoms with Gasteiger partial charge in [0.15, 0.2) is 5.71 Å². The number of nitrogens with zero attached hydrogens (tertiary/aromatic N) is 1. The normalized spacial score (nSPS) is 28.1. The van der Waals surface area contributed by atoms with Crippen molar-refractivity contribution in [2.75, 3.05) is 13.1 Å². The molecule has 1 saturated heterocycles. The summed E-state index contributed by atoms with van der Waals surface area (Å²) < 4.78 is 16.7. The lowest BCUT2D eigenvalue weighted by Gasteiger charge is -2.11. The molecule has 1 heterocycles. The second-order valence-corrected chi connectivity index (χ2v) is 6.38. The van der Waals surface area contributed by atoms with Crippen molar-refractivity contribution >= 4 is 5.71 Å². The van der Waals surface area contributed by atoms with Crippen molar-refractivity contribution in [2.45, 2.75) is 38.5 Å². The van der Waals surface area contributed by atoms with E-state index in [0.717, 1.165) is 18.4 Å². The standard InChI is InChI=1S/C17H21FN.BrH/c18-16-5-3-4-12-10-13-6-7-14(11-15(12)16)17(13)19-8-1-2-9-19;/h3-5,13-14H,1-2,6-11H2;1H/q+1;/p-1. The Balaban J connectivity index is 0.00000121. The zero-order valence-corrected chi connectivity index (χ0v) is 13.3. The van der Waals surface area contributed by atoms with Crippen LogP contribution in [0.3, 0.4) is 0 Å². The van der Waals surface area contributed by atoms with E-state index >= 15 is 0 Å². The Labute approximate surface area is 130 Å². The van der Waals surface area contributed by atoms with Crippen LogP contribution in [0.15, 0.2) is 18.2 Å². The van der Waals surface area contributed by atoms with Crippen molar-refractivity contribution in [1.29, 1.82) is 0 Å². The van der Waals surface area contributed by atoms with Gasteiger partial charge >= 0.3 is 0 Å². The minimum Gasteiger partial charge on any atom is -1.00 e. The van der Waals surface area contributed by atoms with Gasteiger partial charge in [0, 0.05) is 24.7 Å². The lowest BCUT2D eigenvalue weighted by Crippen LogP contribution is -3.00. The Kier molecular flexibility index (Phi) is 3.98. The van der Waals surface area contributed by atoms with Gasteiger partial charge in [0.2, 0.25) is 0 Å². The van der Waals surface area contributed by atoms with E-state index in [1.807, 2.05) is 6.07 Å². The molecule has 2 unspecified atom stereocenters. The Hall–Kier alpha value is -0.700. The lowest BCUT2D eigenvalue weighted by atomic mass is 9.93. The molecule has 1 saturated carbocycles. The van der Waals surface area contributed by atoms with Gasteiger partial charge in [-0.25, -0.2) is 8.97 Å². The van der Waals surface area contributed by atoms with E-state index in [0.29, 0.717) is 11.8 Å². The number of fused-ring (bicyclic) bond motifs is 3. The zero-order chi connectivity index (χ0) is 12.8. The highest BCUT2D eigenvalue weighted by Crippen LogP contribution is 2.39. The summed E-state index contributed by atoms with van der Waals surface area (Å²) in [5, 5.41) is 0. The molecule has 1 aromatic carbocycles. The molecule has 0 aromatic heterocycles. The Morgan fingerprint density at radius 1 is 1.00 bits per heavy atom. The fourth-order valence-electron chi connectivity index (χ4n) is 4.47. The number of benzene rings is 1. The van der Waals surface area contributed by atoms with Gasteiger partial charge < -0.3 is 17.0 Å². The predicted octanol–water partition coefficient (Wildman–Crippen LogP) is 0.202. The van der Waals surface area contributed by atoms with Crippen molar-refractivity contribution in [1.82, 2.24) is 0 Å². The molecule has 1 nitrogen and oxygen atoms in total. The molecule has 0 radical (unpaired) electrons. The van der Waals surface area contributed by atoms with Crippen LogP contribution < -0.4 is 17.0 Å². The van der Waals surface area contributed by atoms with Crippen LogP contribution >= 0.6 is 0 Å². The highest BCUT2D eigenvalue weighted by atomic mass is 79.9. The largest absolute Gasteiger partial charge is 1.00 e. The van der Waals surface area contributed by atoms with E-state index in [4.69, 9.17) is 0 Å². The van der Waals surface area contributed by atoms with E-state index in [1.54, 1.807) is 11.8 Å². The highest BCUT2D eigenvalue weighted by Gasteiger charge is 2.42. The van der Waals surface area contributed by atoms with E-state index in [1.165, 1.54) is 44.3 Å². The van der Waals surface area contributed by atoms with E-state index < -0.39 is 0 Å². The summed E-state index contributed by atoms with van der Waals surface area (Å²) >= 11 is 0. The first-order valence-electron chi connectivity index (χ1n) is 7.71. The summed E-state index contributed by atoms with van der Waals surface area (Å²) in [6, 6.07) is 5.65. The Morgan fingerprint density at radius 3 is 2.45 bits per heavy atom. The van der Waals surface area contributed by atoms with Crippen molar-refractivity contribution in [3.63, 3.8) is 0 Å². The van der Waals surface area contributed by atoms with Gasteiger partial charge in [0.05, 0.1) is 0 Å². The molecular weight excluding hydrogens is 317 g/mol. The molecule has 2 atom stereocenters. The lowest BCUT2D eigenvalue weighted by molar-refractivity contribution is -0.510. The topological polar surface area (TPSA) is 3.01 Å². The molecule has 108 valence electrons. The summed E-state index contributed by atoms with van der Waals surface area (Å²) in [5.41, 5.74) is 3.95. The maximum Gasteiger partial charge on any atom is 0.159 e. The maximum absolute atomic E-state index is 14.1. The smallest absolute Gasteiger partial charge is 0.159 e. The molecule has 2 fully saturated rings. The van der Waals surface area contributed by atoms with Crippen LogP contribution in [0.25, 0.3) is 0 Å². The van der Waals surface area contributed by atoms with Crippen LogP contribution in [0.5, 0.6) is 0 Å². The van der Waals surface area contributed by atoms with Crippen molar-refractivity contribution in [3.05, 3.63) is 35.1 Å². The van der Waals surface area contributed by atoms with Gasteiger partial charge in [-0.1, -0.05) is 12.1 Å². The van der Waals surface area contributed by atoms with Crippen molar-refractivity contribution in [3.8, 4) is 0 Å². The average molecular weight is 338 g/mol. The van der Waals surface area contributed by atoms with Gasteiger partial charge in [-0.2, -0.15) is 0 Å². The second kappa shape index (κ2) is 5.59. The van der Waals surface area contributed by atoms with Crippen LogP contribution in [0, 0.1) is 17.7 Å². The molecule has 3 aliphatic rings. The molecule has 0 amide bonds. The van der Waals surface area contributed by atoms with E-state index in [9.17, 15) is 4.39 Å². The molecule has 1 aromatic rings. The van der Waals surface area contributed by atoms with Gasteiger partial charge in [-0.15, -0.1) is 0 Å². The fourth-order valence-corrected chi connectivity index (χ4v) is 4.47. The summed E-state index contributed by atoms with van der Waals surface area (Å²) in [4.78, 5) is 0. The first-order chi connectivity index (χ1) is 9.33. The minimum absolute atomic E-state index is 0. The van der Waals surface area contributed by atoms with Crippen LogP contribution in [0.1, 0.15) is 36.8 Å². The third-order valence-corrected chi connectivity index (χ3v) is 5.30. The van der Waals surface area contributed by atoms with Gasteiger partial charge in [0.25, 0.3) is 0 Å². The number of halogens is 2. The summed E-state index contributed by atoms with van der Waals surface area (Å²) in [6.07, 6.45) is 7.25. The first-order valence-corrected chi connectivity index (χ1v) is 7.71. The molecule has 0 spiro atoms. The van der Waals surface area contributed by atoms with E-state index in [2.05, 4.69) is 10.6 Å². The second-order valence-electron chi connectivity index (χ2n) is 6.38. The number of hydrogen-bond acceptors (Lipinski definition) is 0. The zero-order valence-electron chi connectivity index (χ0n) is 11.7. The molecule has 1 aliphatic heterocycles. The van der Waals surface area contributed by atoms with Crippen LogP contribution in [-0.2, 0) is 12.8 Å². The number of rotatable bonds is 0. The molecule has 2 aliphatic carbocycles. The number of hydrogen-bond donors (Lipinski definition) is 0. The summed E-state index contributed by atoms with van der Waals surface area (Å²) in [6.45, 7) is 2.47. The average Bonchev–Trinajstić information content (AvgIpc) is 2.97. The van der Waals surface area contributed by atoms with Crippen molar-refractivity contribution in [2.24, 2.45) is 11.8 Å². The predicted molar refractivity (Wildman–Crippen MR) is 74.3 cm³/mol. The molecule has 20 heavy (non-hydrogen) atoms. The molecule has 4 rings (SSSR count). The van der Waals surface area contributed by atoms with Gasteiger partial charge in [-0.05, 0) is 42.9 Å². The third-order valence-electron chi connectivity index (χ3n) is 5.30. The van der Waals surface area contributed by atoms with E-state index in [-0.39, 0.29) is 22.8 Å². The SMILES string of the molecule is Fc1cccc2c1CC1CCC(C2)C1=[N+]1CCCC1.[Br-]. The monoisotopic (exact) mass is 337 g/mol. The quantitative estimate of drug-likeness (QED) is 0.595. The fraction of sp³-hybridized carbons (Fsp3) is 0.588. The van der Waals surface area contributed by atoms with Gasteiger partial charge in [0.1, 0.15) is 18.9 Å². The molecule has 2 bridgehead atoms. The van der Waals surface area contributed by atoms with Gasteiger partial charge in [-0.3, -0.25) is 0 Å². The summed E-state index contributed by atoms with van der Waals surface area (Å²) in [5.74, 6) is 1.32. The Morgan fingerprint density at radius 2 is 1.70 bits per heavy atom. The highest BCUT2D eigenvalue weighted by molar-refractivity contribution is 5.88. The molecular formula is C17H21BrFN. The summed E-state index contributed by atoms with van der Waals surface area (Å²) in [7, 11) is 0. The van der Waals surface area contributed by atoms with Crippen LogP contribution in [0.4, 0.5) is 4.39 Å². The third kappa shape index (κ3) is 2.24. The van der Waals surface area contributed by atoms with Crippen LogP contribution in [-0.4, -0.2) is 23.4 Å². The molecule has 0 N–H and O–H groups in total. The van der Waals surface area contributed by atoms with Crippen molar-refractivity contribution < 1.29 is 25.9 Å². The Bertz CT molecular complexity index is 544. The minimum atomic E-state index is 0.